The first kappa shape index (κ1) is 12.7. The van der Waals surface area contributed by atoms with Crippen LogP contribution < -0.4 is 5.32 Å². The van der Waals surface area contributed by atoms with Crippen molar-refractivity contribution in [2.75, 3.05) is 7.05 Å². The molecule has 2 rings (SSSR count). The standard InChI is InChI=1S/C15H19N3/c1-12-6-7-13(11-18-12)15(16-2)9-8-14-5-3-4-10-17-14/h3-7,10-11,15-16H,8-9H2,1-2H3. The Morgan fingerprint density at radius 3 is 2.67 bits per heavy atom. The lowest BCUT2D eigenvalue weighted by Crippen LogP contribution is -2.17. The van der Waals surface area contributed by atoms with Crippen molar-refractivity contribution in [2.24, 2.45) is 0 Å². The number of hydrogen-bond donors (Lipinski definition) is 1. The van der Waals surface area contributed by atoms with E-state index in [0.29, 0.717) is 6.04 Å². The molecule has 0 saturated heterocycles. The second-order valence-electron chi connectivity index (χ2n) is 4.43. The number of hydrogen-bond acceptors (Lipinski definition) is 3. The van der Waals surface area contributed by atoms with Crippen molar-refractivity contribution in [1.82, 2.24) is 15.3 Å². The van der Waals surface area contributed by atoms with Crippen molar-refractivity contribution in [2.45, 2.75) is 25.8 Å². The molecular formula is C15H19N3. The van der Waals surface area contributed by atoms with E-state index in [-0.39, 0.29) is 0 Å². The van der Waals surface area contributed by atoms with E-state index < -0.39 is 0 Å². The predicted molar refractivity (Wildman–Crippen MR) is 73.3 cm³/mol. The molecule has 0 fully saturated rings. The van der Waals surface area contributed by atoms with Gasteiger partial charge in [0.2, 0.25) is 0 Å². The van der Waals surface area contributed by atoms with Crippen LogP contribution in [0.1, 0.15) is 29.4 Å². The SMILES string of the molecule is CNC(CCc1ccccn1)c1ccc(C)nc1. The largest absolute Gasteiger partial charge is 0.313 e. The molecular weight excluding hydrogens is 222 g/mol. The molecule has 1 N–H and O–H groups in total. The monoisotopic (exact) mass is 241 g/mol. The van der Waals surface area contributed by atoms with Gasteiger partial charge in [0.15, 0.2) is 0 Å². The highest BCUT2D eigenvalue weighted by Gasteiger charge is 2.09. The normalized spacial score (nSPS) is 12.3. The molecule has 2 aromatic heterocycles. The van der Waals surface area contributed by atoms with E-state index in [1.165, 1.54) is 5.56 Å². The highest BCUT2D eigenvalue weighted by molar-refractivity contribution is 5.17. The molecule has 0 aliphatic carbocycles. The zero-order chi connectivity index (χ0) is 12.8. The third-order valence-corrected chi connectivity index (χ3v) is 3.10. The molecule has 1 atom stereocenters. The van der Waals surface area contributed by atoms with Crippen LogP contribution in [0.2, 0.25) is 0 Å². The van der Waals surface area contributed by atoms with Crippen molar-refractivity contribution < 1.29 is 0 Å². The number of nitrogens with one attached hydrogen (secondary N) is 1. The van der Waals surface area contributed by atoms with Gasteiger partial charge in [-0.25, -0.2) is 0 Å². The van der Waals surface area contributed by atoms with Gasteiger partial charge < -0.3 is 5.32 Å². The van der Waals surface area contributed by atoms with Crippen LogP contribution in [0, 0.1) is 6.92 Å². The van der Waals surface area contributed by atoms with Crippen molar-refractivity contribution in [3.05, 3.63) is 59.7 Å². The van der Waals surface area contributed by atoms with Crippen LogP contribution in [-0.2, 0) is 6.42 Å². The second-order valence-corrected chi connectivity index (χ2v) is 4.43. The number of aryl methyl sites for hydroxylation is 2. The molecule has 2 aromatic rings. The Bertz CT molecular complexity index is 465. The fourth-order valence-corrected chi connectivity index (χ4v) is 2.00. The van der Waals surface area contributed by atoms with Gasteiger partial charge in [-0.2, -0.15) is 0 Å². The van der Waals surface area contributed by atoms with Gasteiger partial charge in [-0.3, -0.25) is 9.97 Å². The predicted octanol–water partition coefficient (Wildman–Crippen LogP) is 2.68. The van der Waals surface area contributed by atoms with Gasteiger partial charge >= 0.3 is 0 Å². The molecule has 18 heavy (non-hydrogen) atoms. The second kappa shape index (κ2) is 6.26. The van der Waals surface area contributed by atoms with Gasteiger partial charge in [0, 0.05) is 29.8 Å². The number of rotatable bonds is 5. The van der Waals surface area contributed by atoms with Gasteiger partial charge in [0.25, 0.3) is 0 Å². The van der Waals surface area contributed by atoms with Gasteiger partial charge in [-0.15, -0.1) is 0 Å². The number of nitrogens with zero attached hydrogens (tertiary/aromatic N) is 2. The van der Waals surface area contributed by atoms with Gasteiger partial charge in [-0.05, 0) is 50.6 Å². The Balaban J connectivity index is 1.99. The van der Waals surface area contributed by atoms with Gasteiger partial charge in [0.05, 0.1) is 0 Å². The average Bonchev–Trinajstić information content (AvgIpc) is 2.42. The van der Waals surface area contributed by atoms with Crippen molar-refractivity contribution in [1.29, 1.82) is 0 Å². The summed E-state index contributed by atoms with van der Waals surface area (Å²) < 4.78 is 0. The van der Waals surface area contributed by atoms with E-state index in [0.717, 1.165) is 24.2 Å². The molecule has 0 radical (unpaired) electrons. The molecule has 0 bridgehead atoms. The molecule has 0 aromatic carbocycles. The third-order valence-electron chi connectivity index (χ3n) is 3.10. The maximum atomic E-state index is 4.35. The summed E-state index contributed by atoms with van der Waals surface area (Å²) in [6.45, 7) is 2.01. The first-order valence-electron chi connectivity index (χ1n) is 6.29. The zero-order valence-corrected chi connectivity index (χ0v) is 10.9. The molecule has 2 heterocycles. The third kappa shape index (κ3) is 3.37. The minimum absolute atomic E-state index is 0.333. The highest BCUT2D eigenvalue weighted by Crippen LogP contribution is 2.17. The van der Waals surface area contributed by atoms with Crippen molar-refractivity contribution in [3.63, 3.8) is 0 Å². The molecule has 3 nitrogen and oxygen atoms in total. The van der Waals surface area contributed by atoms with Gasteiger partial charge in [0.1, 0.15) is 0 Å². The van der Waals surface area contributed by atoms with Crippen LogP contribution in [0.5, 0.6) is 0 Å². The van der Waals surface area contributed by atoms with Crippen LogP contribution in [0.25, 0.3) is 0 Å². The lowest BCUT2D eigenvalue weighted by Gasteiger charge is -2.16. The van der Waals surface area contributed by atoms with Gasteiger partial charge in [-0.1, -0.05) is 12.1 Å². The van der Waals surface area contributed by atoms with Crippen molar-refractivity contribution >= 4 is 0 Å². The Hall–Kier alpha value is -1.74. The average molecular weight is 241 g/mol. The molecule has 0 amide bonds. The lowest BCUT2D eigenvalue weighted by molar-refractivity contribution is 0.544. The van der Waals surface area contributed by atoms with Crippen LogP contribution in [-0.4, -0.2) is 17.0 Å². The highest BCUT2D eigenvalue weighted by atomic mass is 14.9. The summed E-state index contributed by atoms with van der Waals surface area (Å²) in [5.74, 6) is 0. The zero-order valence-electron chi connectivity index (χ0n) is 10.9. The van der Waals surface area contributed by atoms with Crippen molar-refractivity contribution in [3.8, 4) is 0 Å². The van der Waals surface area contributed by atoms with E-state index in [2.05, 4.69) is 33.5 Å². The van der Waals surface area contributed by atoms with E-state index in [9.17, 15) is 0 Å². The summed E-state index contributed by atoms with van der Waals surface area (Å²) in [6, 6.07) is 10.6. The molecule has 1 unspecified atom stereocenters. The Labute approximate surface area is 108 Å². The first-order chi connectivity index (χ1) is 8.79. The van der Waals surface area contributed by atoms with E-state index in [4.69, 9.17) is 0 Å². The van der Waals surface area contributed by atoms with E-state index in [1.807, 2.05) is 38.5 Å². The summed E-state index contributed by atoms with van der Waals surface area (Å²) in [4.78, 5) is 8.70. The summed E-state index contributed by atoms with van der Waals surface area (Å²) >= 11 is 0. The quantitative estimate of drug-likeness (QED) is 0.874. The topological polar surface area (TPSA) is 37.8 Å². The lowest BCUT2D eigenvalue weighted by atomic mass is 10.0. The Morgan fingerprint density at radius 1 is 1.17 bits per heavy atom. The fraction of sp³-hybridized carbons (Fsp3) is 0.333. The maximum absolute atomic E-state index is 4.35. The van der Waals surface area contributed by atoms with Crippen LogP contribution in [0.3, 0.4) is 0 Å². The smallest absolute Gasteiger partial charge is 0.0404 e. The minimum Gasteiger partial charge on any atom is -0.313 e. The summed E-state index contributed by atoms with van der Waals surface area (Å²) in [5.41, 5.74) is 3.43. The number of pyridine rings is 2. The van der Waals surface area contributed by atoms with E-state index >= 15 is 0 Å². The molecule has 0 aliphatic rings. The minimum atomic E-state index is 0.333. The summed E-state index contributed by atoms with van der Waals surface area (Å²) in [7, 11) is 1.99. The number of aromatic nitrogens is 2. The fourth-order valence-electron chi connectivity index (χ4n) is 2.00. The Morgan fingerprint density at radius 2 is 2.06 bits per heavy atom. The molecule has 0 spiro atoms. The summed E-state index contributed by atoms with van der Waals surface area (Å²) in [6.07, 6.45) is 5.80. The maximum Gasteiger partial charge on any atom is 0.0404 e. The molecule has 0 aliphatic heterocycles. The van der Waals surface area contributed by atoms with Crippen LogP contribution in [0.4, 0.5) is 0 Å². The Kier molecular flexibility index (Phi) is 4.42. The van der Waals surface area contributed by atoms with Crippen LogP contribution >= 0.6 is 0 Å². The van der Waals surface area contributed by atoms with Crippen LogP contribution in [0.15, 0.2) is 42.7 Å². The summed E-state index contributed by atoms with van der Waals surface area (Å²) in [5, 5.41) is 3.34. The molecule has 94 valence electrons. The molecule has 0 saturated carbocycles. The first-order valence-corrected chi connectivity index (χ1v) is 6.29. The molecule has 3 heteroatoms. The van der Waals surface area contributed by atoms with E-state index in [1.54, 1.807) is 0 Å².